The molecule has 0 fully saturated rings. The predicted octanol–water partition coefficient (Wildman–Crippen LogP) is 3.50. The number of ether oxygens (including phenoxy) is 2. The molecule has 0 saturated heterocycles. The van der Waals surface area contributed by atoms with Crippen molar-refractivity contribution in [3.8, 4) is 16.2 Å². The monoisotopic (exact) mass is 303 g/mol. The number of rotatable bonds is 3. The standard InChI is InChI=1S/C12H8F3NO3S/c1-18-11(17)9-10(20-6-16-9)7-3-2-4-8(5-7)19-12(13,14)15/h2-6H,1H3. The summed E-state index contributed by atoms with van der Waals surface area (Å²) in [5, 5.41) is 0. The Kier molecular flexibility index (Phi) is 3.93. The van der Waals surface area contributed by atoms with Crippen molar-refractivity contribution in [2.75, 3.05) is 7.11 Å². The Bertz CT molecular complexity index is 624. The molecule has 20 heavy (non-hydrogen) atoms. The second kappa shape index (κ2) is 5.49. The molecule has 2 rings (SSSR count). The Hall–Kier alpha value is -2.09. The van der Waals surface area contributed by atoms with Crippen molar-refractivity contribution in [1.82, 2.24) is 4.98 Å². The summed E-state index contributed by atoms with van der Waals surface area (Å²) in [4.78, 5) is 15.8. The Morgan fingerprint density at radius 3 is 2.75 bits per heavy atom. The van der Waals surface area contributed by atoms with Gasteiger partial charge in [0.25, 0.3) is 0 Å². The Balaban J connectivity index is 2.37. The largest absolute Gasteiger partial charge is 0.573 e. The first-order valence-corrected chi connectivity index (χ1v) is 6.16. The molecule has 0 aliphatic heterocycles. The quantitative estimate of drug-likeness (QED) is 0.814. The van der Waals surface area contributed by atoms with Crippen LogP contribution in [0.4, 0.5) is 13.2 Å². The van der Waals surface area contributed by atoms with Crippen LogP contribution in [0.3, 0.4) is 0 Å². The molecule has 8 heteroatoms. The summed E-state index contributed by atoms with van der Waals surface area (Å²) >= 11 is 1.12. The van der Waals surface area contributed by atoms with E-state index in [1.807, 2.05) is 0 Å². The number of nitrogens with zero attached hydrogens (tertiary/aromatic N) is 1. The summed E-state index contributed by atoms with van der Waals surface area (Å²) in [6.07, 6.45) is -4.77. The minimum absolute atomic E-state index is 0.0571. The minimum atomic E-state index is -4.77. The smallest absolute Gasteiger partial charge is 0.464 e. The van der Waals surface area contributed by atoms with E-state index in [9.17, 15) is 18.0 Å². The highest BCUT2D eigenvalue weighted by Gasteiger charge is 2.31. The third-order valence-electron chi connectivity index (χ3n) is 2.28. The molecular weight excluding hydrogens is 295 g/mol. The van der Waals surface area contributed by atoms with Crippen LogP contribution in [0.15, 0.2) is 29.8 Å². The van der Waals surface area contributed by atoms with Gasteiger partial charge >= 0.3 is 12.3 Å². The summed E-state index contributed by atoms with van der Waals surface area (Å²) in [5.74, 6) is -1.01. The fourth-order valence-corrected chi connectivity index (χ4v) is 2.30. The molecule has 0 N–H and O–H groups in total. The number of benzene rings is 1. The summed E-state index contributed by atoms with van der Waals surface area (Å²) in [7, 11) is 1.20. The van der Waals surface area contributed by atoms with Gasteiger partial charge in [0.05, 0.1) is 17.5 Å². The lowest BCUT2D eigenvalue weighted by Gasteiger charge is -2.09. The number of esters is 1. The van der Waals surface area contributed by atoms with Crippen molar-refractivity contribution in [3.63, 3.8) is 0 Å². The first-order chi connectivity index (χ1) is 9.40. The molecule has 0 atom stereocenters. The van der Waals surface area contributed by atoms with E-state index >= 15 is 0 Å². The highest BCUT2D eigenvalue weighted by molar-refractivity contribution is 7.13. The van der Waals surface area contributed by atoms with Crippen LogP contribution >= 0.6 is 11.3 Å². The lowest BCUT2D eigenvalue weighted by atomic mass is 10.1. The van der Waals surface area contributed by atoms with E-state index < -0.39 is 12.3 Å². The van der Waals surface area contributed by atoms with Crippen LogP contribution in [0, 0.1) is 0 Å². The van der Waals surface area contributed by atoms with Crippen LogP contribution in [0.25, 0.3) is 10.4 Å². The number of aromatic nitrogens is 1. The second-order valence-electron chi connectivity index (χ2n) is 3.60. The number of halogens is 3. The van der Waals surface area contributed by atoms with E-state index in [0.29, 0.717) is 10.4 Å². The number of carbonyl (C=O) groups excluding carboxylic acids is 1. The van der Waals surface area contributed by atoms with Crippen molar-refractivity contribution in [3.05, 3.63) is 35.5 Å². The molecule has 2 aromatic rings. The maximum Gasteiger partial charge on any atom is 0.573 e. The zero-order chi connectivity index (χ0) is 14.8. The molecule has 0 bridgehead atoms. The summed E-state index contributed by atoms with van der Waals surface area (Å²) < 4.78 is 44.9. The lowest BCUT2D eigenvalue weighted by Crippen LogP contribution is -2.17. The lowest BCUT2D eigenvalue weighted by molar-refractivity contribution is -0.274. The first-order valence-electron chi connectivity index (χ1n) is 5.28. The predicted molar refractivity (Wildman–Crippen MR) is 65.6 cm³/mol. The number of thiazole rings is 1. The fraction of sp³-hybridized carbons (Fsp3) is 0.167. The fourth-order valence-electron chi connectivity index (χ4n) is 1.53. The molecule has 0 spiro atoms. The van der Waals surface area contributed by atoms with Crippen molar-refractivity contribution in [2.45, 2.75) is 6.36 Å². The third kappa shape index (κ3) is 3.27. The van der Waals surface area contributed by atoms with Crippen molar-refractivity contribution in [2.24, 2.45) is 0 Å². The zero-order valence-corrected chi connectivity index (χ0v) is 10.9. The summed E-state index contributed by atoms with van der Waals surface area (Å²) in [6, 6.07) is 5.32. The van der Waals surface area contributed by atoms with Crippen LogP contribution in [0.5, 0.6) is 5.75 Å². The van der Waals surface area contributed by atoms with Crippen LogP contribution in [0.2, 0.25) is 0 Å². The van der Waals surface area contributed by atoms with Crippen LogP contribution < -0.4 is 4.74 Å². The van der Waals surface area contributed by atoms with Gasteiger partial charge in [0.2, 0.25) is 0 Å². The molecule has 0 aliphatic carbocycles. The number of hydrogen-bond acceptors (Lipinski definition) is 5. The molecule has 0 amide bonds. The van der Waals surface area contributed by atoms with Gasteiger partial charge in [0.15, 0.2) is 5.69 Å². The van der Waals surface area contributed by atoms with Gasteiger partial charge in [0, 0.05) is 0 Å². The first kappa shape index (κ1) is 14.3. The Morgan fingerprint density at radius 2 is 2.10 bits per heavy atom. The highest BCUT2D eigenvalue weighted by atomic mass is 32.1. The van der Waals surface area contributed by atoms with E-state index in [2.05, 4.69) is 14.5 Å². The normalized spacial score (nSPS) is 11.2. The molecular formula is C12H8F3NO3S. The summed E-state index contributed by atoms with van der Waals surface area (Å²) in [6.45, 7) is 0. The van der Waals surface area contributed by atoms with Gasteiger partial charge in [-0.1, -0.05) is 12.1 Å². The highest BCUT2D eigenvalue weighted by Crippen LogP contribution is 2.32. The van der Waals surface area contributed by atoms with Gasteiger partial charge in [-0.25, -0.2) is 9.78 Å². The molecule has 106 valence electrons. The second-order valence-corrected chi connectivity index (χ2v) is 4.45. The van der Waals surface area contributed by atoms with Crippen LogP contribution in [0.1, 0.15) is 10.5 Å². The molecule has 0 radical (unpaired) electrons. The molecule has 1 heterocycles. The number of methoxy groups -OCH3 is 1. The van der Waals surface area contributed by atoms with Crippen LogP contribution in [-0.4, -0.2) is 24.4 Å². The molecule has 0 unspecified atom stereocenters. The van der Waals surface area contributed by atoms with Gasteiger partial charge in [0.1, 0.15) is 5.75 Å². The average molecular weight is 303 g/mol. The molecule has 4 nitrogen and oxygen atoms in total. The third-order valence-corrected chi connectivity index (χ3v) is 3.15. The average Bonchev–Trinajstić information content (AvgIpc) is 2.85. The Morgan fingerprint density at radius 1 is 1.35 bits per heavy atom. The maximum absolute atomic E-state index is 12.2. The molecule has 1 aromatic carbocycles. The van der Waals surface area contributed by atoms with Crippen LogP contribution in [-0.2, 0) is 4.74 Å². The van der Waals surface area contributed by atoms with Crippen molar-refractivity contribution < 1.29 is 27.4 Å². The minimum Gasteiger partial charge on any atom is -0.464 e. The van der Waals surface area contributed by atoms with Gasteiger partial charge in [-0.2, -0.15) is 0 Å². The van der Waals surface area contributed by atoms with E-state index in [4.69, 9.17) is 0 Å². The topological polar surface area (TPSA) is 48.4 Å². The van der Waals surface area contributed by atoms with Gasteiger partial charge < -0.3 is 9.47 Å². The van der Waals surface area contributed by atoms with Crippen molar-refractivity contribution in [1.29, 1.82) is 0 Å². The van der Waals surface area contributed by atoms with Gasteiger partial charge in [-0.05, 0) is 17.7 Å². The van der Waals surface area contributed by atoms with E-state index in [1.165, 1.54) is 30.8 Å². The van der Waals surface area contributed by atoms with Crippen molar-refractivity contribution >= 4 is 17.3 Å². The molecule has 0 saturated carbocycles. The zero-order valence-electron chi connectivity index (χ0n) is 10.1. The number of hydrogen-bond donors (Lipinski definition) is 0. The Labute approximate surface area is 115 Å². The van der Waals surface area contributed by atoms with Gasteiger partial charge in [-0.3, -0.25) is 0 Å². The SMILES string of the molecule is COC(=O)c1ncsc1-c1cccc(OC(F)(F)F)c1. The summed E-state index contributed by atoms with van der Waals surface area (Å²) in [5.41, 5.74) is 1.87. The van der Waals surface area contributed by atoms with Gasteiger partial charge in [-0.15, -0.1) is 24.5 Å². The number of alkyl halides is 3. The number of carbonyl (C=O) groups is 1. The van der Waals surface area contributed by atoms with E-state index in [-0.39, 0.29) is 11.4 Å². The van der Waals surface area contributed by atoms with E-state index in [1.54, 1.807) is 6.07 Å². The van der Waals surface area contributed by atoms with E-state index in [0.717, 1.165) is 11.3 Å². The molecule has 0 aliphatic rings. The molecule has 1 aromatic heterocycles. The maximum atomic E-state index is 12.2.